The minimum Gasteiger partial charge on any atom is -0.352 e. The van der Waals surface area contributed by atoms with Crippen molar-refractivity contribution in [2.75, 3.05) is 11.4 Å². The Labute approximate surface area is 150 Å². The highest BCUT2D eigenvalue weighted by atomic mass is 19.1. The van der Waals surface area contributed by atoms with Gasteiger partial charge >= 0.3 is 0 Å². The van der Waals surface area contributed by atoms with Crippen LogP contribution < -0.4 is 4.90 Å². The molecule has 0 unspecified atom stereocenters. The molecule has 2 heterocycles. The van der Waals surface area contributed by atoms with Gasteiger partial charge in [0.15, 0.2) is 5.65 Å². The monoisotopic (exact) mass is 347 g/mol. The van der Waals surface area contributed by atoms with Crippen molar-refractivity contribution >= 4 is 16.9 Å². The van der Waals surface area contributed by atoms with E-state index in [1.165, 1.54) is 24.0 Å². The number of benzene rings is 2. The molecule has 0 fully saturated rings. The number of hydrogen-bond donors (Lipinski definition) is 0. The van der Waals surface area contributed by atoms with Crippen LogP contribution in [0.5, 0.6) is 0 Å². The van der Waals surface area contributed by atoms with Crippen molar-refractivity contribution in [2.24, 2.45) is 0 Å². The molecule has 0 aliphatic rings. The van der Waals surface area contributed by atoms with Crippen LogP contribution >= 0.6 is 0 Å². The molecule has 0 atom stereocenters. The van der Waals surface area contributed by atoms with Crippen LogP contribution in [0.1, 0.15) is 12.5 Å². The molecule has 5 nitrogen and oxygen atoms in total. The molecule has 130 valence electrons. The normalized spacial score (nSPS) is 11.0. The van der Waals surface area contributed by atoms with Crippen LogP contribution in [0, 0.1) is 5.82 Å². The second-order valence-electron chi connectivity index (χ2n) is 5.97. The summed E-state index contributed by atoms with van der Waals surface area (Å²) in [5.41, 5.74) is 2.50. The third-order valence-corrected chi connectivity index (χ3v) is 4.30. The first-order chi connectivity index (χ1) is 12.8. The van der Waals surface area contributed by atoms with Crippen LogP contribution in [0.3, 0.4) is 0 Å². The zero-order valence-corrected chi connectivity index (χ0v) is 14.4. The van der Waals surface area contributed by atoms with Gasteiger partial charge in [-0.1, -0.05) is 36.4 Å². The molecule has 4 aromatic rings. The van der Waals surface area contributed by atoms with Crippen molar-refractivity contribution in [1.82, 2.24) is 19.7 Å². The van der Waals surface area contributed by atoms with Crippen LogP contribution in [-0.2, 0) is 6.54 Å². The largest absolute Gasteiger partial charge is 0.352 e. The van der Waals surface area contributed by atoms with Gasteiger partial charge in [0.1, 0.15) is 18.0 Å². The minimum atomic E-state index is -0.306. The Hall–Kier alpha value is -3.28. The molecule has 2 aromatic heterocycles. The van der Waals surface area contributed by atoms with E-state index in [0.29, 0.717) is 11.3 Å². The molecule has 0 bridgehead atoms. The van der Waals surface area contributed by atoms with Crippen molar-refractivity contribution in [2.45, 2.75) is 13.5 Å². The number of anilines is 1. The van der Waals surface area contributed by atoms with Gasteiger partial charge in [-0.2, -0.15) is 5.10 Å². The van der Waals surface area contributed by atoms with Gasteiger partial charge < -0.3 is 4.90 Å². The fraction of sp³-hybridized carbons (Fsp3) is 0.150. The van der Waals surface area contributed by atoms with Crippen LogP contribution in [0.2, 0.25) is 0 Å². The number of hydrogen-bond acceptors (Lipinski definition) is 4. The number of rotatable bonds is 5. The Balaban J connectivity index is 1.76. The van der Waals surface area contributed by atoms with Crippen LogP contribution in [0.4, 0.5) is 10.2 Å². The fourth-order valence-electron chi connectivity index (χ4n) is 3.02. The maximum atomic E-state index is 13.6. The van der Waals surface area contributed by atoms with E-state index >= 15 is 0 Å². The molecular formula is C20H18FN5. The van der Waals surface area contributed by atoms with E-state index in [9.17, 15) is 4.39 Å². The van der Waals surface area contributed by atoms with Crippen LogP contribution in [-0.4, -0.2) is 26.3 Å². The van der Waals surface area contributed by atoms with E-state index in [4.69, 9.17) is 0 Å². The second-order valence-corrected chi connectivity index (χ2v) is 5.97. The first kappa shape index (κ1) is 16.2. The Bertz CT molecular complexity index is 1030. The molecule has 26 heavy (non-hydrogen) atoms. The zero-order chi connectivity index (χ0) is 17.9. The Morgan fingerprint density at radius 3 is 2.65 bits per heavy atom. The lowest BCUT2D eigenvalue weighted by atomic mass is 10.2. The predicted octanol–water partition coefficient (Wildman–Crippen LogP) is 3.98. The molecule has 0 radical (unpaired) electrons. The molecule has 4 rings (SSSR count). The second kappa shape index (κ2) is 6.92. The van der Waals surface area contributed by atoms with Crippen molar-refractivity contribution in [3.63, 3.8) is 0 Å². The highest BCUT2D eigenvalue weighted by Crippen LogP contribution is 2.25. The van der Waals surface area contributed by atoms with E-state index in [2.05, 4.69) is 39.0 Å². The molecule has 0 spiro atoms. The summed E-state index contributed by atoms with van der Waals surface area (Å²) >= 11 is 0. The van der Waals surface area contributed by atoms with Crippen LogP contribution in [0.15, 0.2) is 67.1 Å². The lowest BCUT2D eigenvalue weighted by Crippen LogP contribution is -2.23. The number of aromatic nitrogens is 4. The molecule has 6 heteroatoms. The molecule has 0 saturated heterocycles. The van der Waals surface area contributed by atoms with Gasteiger partial charge in [0.2, 0.25) is 0 Å². The third-order valence-electron chi connectivity index (χ3n) is 4.30. The molecular weight excluding hydrogens is 329 g/mol. The van der Waals surface area contributed by atoms with Crippen molar-refractivity contribution in [3.8, 4) is 5.69 Å². The summed E-state index contributed by atoms with van der Waals surface area (Å²) in [6, 6.07) is 16.6. The zero-order valence-electron chi connectivity index (χ0n) is 14.4. The summed E-state index contributed by atoms with van der Waals surface area (Å²) in [6.45, 7) is 3.63. The number of fused-ring (bicyclic) bond motifs is 1. The van der Waals surface area contributed by atoms with Gasteiger partial charge in [0.25, 0.3) is 0 Å². The molecule has 0 aliphatic heterocycles. The van der Waals surface area contributed by atoms with Gasteiger partial charge in [-0.25, -0.2) is 19.0 Å². The number of nitrogens with zero attached hydrogens (tertiary/aromatic N) is 5. The van der Waals surface area contributed by atoms with Gasteiger partial charge in [-0.05, 0) is 30.7 Å². The minimum absolute atomic E-state index is 0.306. The van der Waals surface area contributed by atoms with E-state index in [1.807, 2.05) is 18.2 Å². The molecule has 0 saturated carbocycles. The Kier molecular flexibility index (Phi) is 4.31. The summed E-state index contributed by atoms with van der Waals surface area (Å²) in [5, 5.41) is 5.25. The standard InChI is InChI=1S/C20H18FN5/c1-2-25(13-15-7-4-3-5-8-15)19-18-12-24-26(20(18)23-14-22-19)17-10-6-9-16(21)11-17/h3-12,14H,2,13H2,1H3. The molecule has 0 amide bonds. The molecule has 2 aromatic carbocycles. The van der Waals surface area contributed by atoms with Crippen LogP contribution in [0.25, 0.3) is 16.7 Å². The summed E-state index contributed by atoms with van der Waals surface area (Å²) in [4.78, 5) is 11.0. The van der Waals surface area contributed by atoms with Crippen molar-refractivity contribution < 1.29 is 4.39 Å². The predicted molar refractivity (Wildman–Crippen MR) is 99.8 cm³/mol. The van der Waals surface area contributed by atoms with Gasteiger partial charge in [0.05, 0.1) is 17.3 Å². The molecule has 0 N–H and O–H groups in total. The van der Waals surface area contributed by atoms with Gasteiger partial charge in [-0.3, -0.25) is 0 Å². The average molecular weight is 347 g/mol. The van der Waals surface area contributed by atoms with E-state index in [-0.39, 0.29) is 5.82 Å². The lowest BCUT2D eigenvalue weighted by molar-refractivity contribution is 0.625. The maximum absolute atomic E-state index is 13.6. The fourth-order valence-corrected chi connectivity index (χ4v) is 3.02. The SMILES string of the molecule is CCN(Cc1ccccc1)c1ncnc2c1cnn2-c1cccc(F)c1. The summed E-state index contributed by atoms with van der Waals surface area (Å²) in [5.74, 6) is 0.517. The summed E-state index contributed by atoms with van der Waals surface area (Å²) < 4.78 is 15.2. The number of halogens is 1. The highest BCUT2D eigenvalue weighted by Gasteiger charge is 2.16. The Morgan fingerprint density at radius 1 is 1.04 bits per heavy atom. The lowest BCUT2D eigenvalue weighted by Gasteiger charge is -2.22. The smallest absolute Gasteiger partial charge is 0.168 e. The molecule has 0 aliphatic carbocycles. The summed E-state index contributed by atoms with van der Waals surface area (Å²) in [6.07, 6.45) is 3.27. The third kappa shape index (κ3) is 3.01. The van der Waals surface area contributed by atoms with Crippen molar-refractivity contribution in [3.05, 3.63) is 78.5 Å². The highest BCUT2D eigenvalue weighted by molar-refractivity contribution is 5.87. The van der Waals surface area contributed by atoms with E-state index in [1.54, 1.807) is 23.0 Å². The van der Waals surface area contributed by atoms with Gasteiger partial charge in [-0.15, -0.1) is 0 Å². The first-order valence-electron chi connectivity index (χ1n) is 8.50. The van der Waals surface area contributed by atoms with E-state index < -0.39 is 0 Å². The van der Waals surface area contributed by atoms with E-state index in [0.717, 1.165) is 24.3 Å². The van der Waals surface area contributed by atoms with Gasteiger partial charge in [0, 0.05) is 13.1 Å². The Morgan fingerprint density at radius 2 is 1.88 bits per heavy atom. The summed E-state index contributed by atoms with van der Waals surface area (Å²) in [7, 11) is 0. The quantitative estimate of drug-likeness (QED) is 0.548. The maximum Gasteiger partial charge on any atom is 0.168 e. The topological polar surface area (TPSA) is 46.8 Å². The van der Waals surface area contributed by atoms with Crippen molar-refractivity contribution in [1.29, 1.82) is 0 Å². The first-order valence-corrected chi connectivity index (χ1v) is 8.50. The average Bonchev–Trinajstić information content (AvgIpc) is 3.11.